The number of benzene rings is 1. The molecule has 9 nitrogen and oxygen atoms in total. The summed E-state index contributed by atoms with van der Waals surface area (Å²) in [4.78, 5) is 38.0. The largest absolute Gasteiger partial charge is 0.494 e. The molecular weight excluding hydrogens is 304 g/mol. The quantitative estimate of drug-likeness (QED) is 0.509. The minimum Gasteiger partial charge on any atom is -0.494 e. The summed E-state index contributed by atoms with van der Waals surface area (Å²) in [6.07, 6.45) is 1.09. The Morgan fingerprint density at radius 1 is 1.26 bits per heavy atom. The molecule has 23 heavy (non-hydrogen) atoms. The second kappa shape index (κ2) is 5.87. The van der Waals surface area contributed by atoms with Crippen molar-refractivity contribution in [2.24, 2.45) is 19.1 Å². The van der Waals surface area contributed by atoms with Crippen molar-refractivity contribution in [2.45, 2.75) is 6.92 Å². The topological polar surface area (TPSA) is 120 Å². The molecule has 0 atom stereocenters. The van der Waals surface area contributed by atoms with Gasteiger partial charge in [-0.1, -0.05) is 6.07 Å². The number of aliphatic imine (C=N–C) groups is 1. The van der Waals surface area contributed by atoms with Crippen molar-refractivity contribution in [3.8, 4) is 5.88 Å². The number of nitro groups is 1. The van der Waals surface area contributed by atoms with Crippen LogP contribution in [0.1, 0.15) is 11.1 Å². The van der Waals surface area contributed by atoms with Gasteiger partial charge in [-0.05, 0) is 12.5 Å². The molecule has 0 saturated heterocycles. The number of non-ortho nitro benzene ring substituents is 1. The van der Waals surface area contributed by atoms with E-state index < -0.39 is 22.1 Å². The highest BCUT2D eigenvalue weighted by molar-refractivity contribution is 5.84. The molecule has 1 heterocycles. The molecule has 2 aromatic rings. The van der Waals surface area contributed by atoms with Crippen LogP contribution in [-0.4, -0.2) is 25.4 Å². The summed E-state index contributed by atoms with van der Waals surface area (Å²) in [5.41, 5.74) is -0.753. The Bertz CT molecular complexity index is 939. The third kappa shape index (κ3) is 2.89. The fourth-order valence-electron chi connectivity index (χ4n) is 1.96. The van der Waals surface area contributed by atoms with Crippen LogP contribution in [0.5, 0.6) is 5.88 Å². The number of hydrogen-bond donors (Lipinski definition) is 1. The fourth-order valence-corrected chi connectivity index (χ4v) is 1.96. The van der Waals surface area contributed by atoms with E-state index in [0.29, 0.717) is 5.56 Å². The van der Waals surface area contributed by atoms with Gasteiger partial charge in [-0.3, -0.25) is 29.0 Å². The third-order valence-corrected chi connectivity index (χ3v) is 3.40. The number of nitrogens with zero attached hydrogens (tertiary/aromatic N) is 4. The number of rotatable bonds is 3. The van der Waals surface area contributed by atoms with Crippen LogP contribution in [0.4, 0.5) is 11.4 Å². The summed E-state index contributed by atoms with van der Waals surface area (Å²) < 4.78 is 1.74. The Hall–Kier alpha value is -3.23. The van der Waals surface area contributed by atoms with Crippen LogP contribution in [0.3, 0.4) is 0 Å². The van der Waals surface area contributed by atoms with E-state index in [4.69, 9.17) is 0 Å². The highest BCUT2D eigenvalue weighted by Crippen LogP contribution is 2.24. The van der Waals surface area contributed by atoms with Crippen molar-refractivity contribution in [3.63, 3.8) is 0 Å². The maximum Gasteiger partial charge on any atom is 0.333 e. The molecule has 0 amide bonds. The maximum absolute atomic E-state index is 12.0. The summed E-state index contributed by atoms with van der Waals surface area (Å²) >= 11 is 0. The van der Waals surface area contributed by atoms with Crippen LogP contribution in [-0.2, 0) is 14.1 Å². The molecule has 120 valence electrons. The molecule has 0 radical (unpaired) electrons. The molecule has 0 saturated carbocycles. The summed E-state index contributed by atoms with van der Waals surface area (Å²) in [6.45, 7) is 1.70. The highest BCUT2D eigenvalue weighted by Gasteiger charge is 2.13. The molecule has 1 aromatic carbocycles. The molecular formula is C14H14N4O5. The Labute approximate surface area is 129 Å². The first-order chi connectivity index (χ1) is 10.7. The van der Waals surface area contributed by atoms with Gasteiger partial charge in [0, 0.05) is 32.4 Å². The standard InChI is InChI=1S/C14H14N4O5/c1-8-4-5-9(18(22)23)6-11(8)15-7-10-12(19)16(2)14(21)17(3)13(10)20/h4-7,19H,1-3H3. The van der Waals surface area contributed by atoms with Gasteiger partial charge in [0.25, 0.3) is 11.2 Å². The van der Waals surface area contributed by atoms with E-state index in [9.17, 15) is 24.8 Å². The minimum absolute atomic E-state index is 0.139. The van der Waals surface area contributed by atoms with E-state index in [1.165, 1.54) is 32.3 Å². The van der Waals surface area contributed by atoms with E-state index in [1.54, 1.807) is 6.92 Å². The van der Waals surface area contributed by atoms with Crippen LogP contribution >= 0.6 is 0 Å². The van der Waals surface area contributed by atoms with Gasteiger partial charge in [-0.15, -0.1) is 0 Å². The van der Waals surface area contributed by atoms with Crippen LogP contribution in [0, 0.1) is 17.0 Å². The van der Waals surface area contributed by atoms with E-state index in [2.05, 4.69) is 4.99 Å². The van der Waals surface area contributed by atoms with Gasteiger partial charge in [0.1, 0.15) is 5.56 Å². The monoisotopic (exact) mass is 318 g/mol. The van der Waals surface area contributed by atoms with E-state index in [0.717, 1.165) is 15.3 Å². The van der Waals surface area contributed by atoms with Crippen molar-refractivity contribution in [1.29, 1.82) is 0 Å². The van der Waals surface area contributed by atoms with Gasteiger partial charge in [0.15, 0.2) is 0 Å². The maximum atomic E-state index is 12.0. The lowest BCUT2D eigenvalue weighted by Crippen LogP contribution is -2.38. The molecule has 0 spiro atoms. The zero-order valence-electron chi connectivity index (χ0n) is 12.7. The van der Waals surface area contributed by atoms with Crippen molar-refractivity contribution in [3.05, 3.63) is 60.3 Å². The van der Waals surface area contributed by atoms with Gasteiger partial charge >= 0.3 is 5.69 Å². The van der Waals surface area contributed by atoms with Crippen LogP contribution in [0.25, 0.3) is 0 Å². The van der Waals surface area contributed by atoms with Gasteiger partial charge in [-0.25, -0.2) is 4.79 Å². The van der Waals surface area contributed by atoms with E-state index in [1.807, 2.05) is 0 Å². The van der Waals surface area contributed by atoms with Gasteiger partial charge in [0.05, 0.1) is 10.6 Å². The lowest BCUT2D eigenvalue weighted by atomic mass is 10.2. The first kappa shape index (κ1) is 16.1. The first-order valence-electron chi connectivity index (χ1n) is 6.52. The number of aryl methyl sites for hydroxylation is 1. The van der Waals surface area contributed by atoms with Crippen LogP contribution in [0.15, 0.2) is 32.8 Å². The summed E-state index contributed by atoms with van der Waals surface area (Å²) in [6, 6.07) is 4.13. The predicted octanol–water partition coefficient (Wildman–Crippen LogP) is 0.757. The Balaban J connectivity index is 2.59. The molecule has 1 aromatic heterocycles. The smallest absolute Gasteiger partial charge is 0.333 e. The normalized spacial score (nSPS) is 11.1. The van der Waals surface area contributed by atoms with Crippen molar-refractivity contribution in [2.75, 3.05) is 0 Å². The lowest BCUT2D eigenvalue weighted by Gasteiger charge is -2.07. The molecule has 0 aliphatic carbocycles. The molecule has 1 N–H and O–H groups in total. The average Bonchev–Trinajstić information content (AvgIpc) is 2.52. The number of hydrogen-bond acceptors (Lipinski definition) is 6. The Kier molecular flexibility index (Phi) is 4.12. The highest BCUT2D eigenvalue weighted by atomic mass is 16.6. The van der Waals surface area contributed by atoms with Gasteiger partial charge in [0.2, 0.25) is 5.88 Å². The number of aromatic hydroxyl groups is 1. The van der Waals surface area contributed by atoms with Gasteiger partial charge in [-0.2, -0.15) is 0 Å². The summed E-state index contributed by atoms with van der Waals surface area (Å²) in [7, 11) is 2.59. The van der Waals surface area contributed by atoms with Crippen molar-refractivity contribution in [1.82, 2.24) is 9.13 Å². The lowest BCUT2D eigenvalue weighted by molar-refractivity contribution is -0.384. The van der Waals surface area contributed by atoms with Crippen molar-refractivity contribution < 1.29 is 10.0 Å². The molecule has 0 unspecified atom stereocenters. The predicted molar refractivity (Wildman–Crippen MR) is 83.7 cm³/mol. The fraction of sp³-hybridized carbons (Fsp3) is 0.214. The number of nitro benzene ring substituents is 1. The Morgan fingerprint density at radius 3 is 2.52 bits per heavy atom. The van der Waals surface area contributed by atoms with Crippen molar-refractivity contribution >= 4 is 17.6 Å². The van der Waals surface area contributed by atoms with Crippen LogP contribution in [0.2, 0.25) is 0 Å². The SMILES string of the molecule is Cc1ccc([N+](=O)[O-])cc1N=Cc1c(O)n(C)c(=O)n(C)c1=O. The molecule has 2 rings (SSSR count). The van der Waals surface area contributed by atoms with Gasteiger partial charge < -0.3 is 5.11 Å². The molecule has 0 fully saturated rings. The summed E-state index contributed by atoms with van der Waals surface area (Å²) in [5.74, 6) is -0.523. The van der Waals surface area contributed by atoms with E-state index >= 15 is 0 Å². The molecule has 0 aliphatic rings. The average molecular weight is 318 g/mol. The van der Waals surface area contributed by atoms with E-state index in [-0.39, 0.29) is 16.9 Å². The van der Waals surface area contributed by atoms with Crippen LogP contribution < -0.4 is 11.2 Å². The second-order valence-electron chi connectivity index (χ2n) is 4.93. The number of aromatic nitrogens is 2. The molecule has 0 aliphatic heterocycles. The third-order valence-electron chi connectivity index (χ3n) is 3.40. The Morgan fingerprint density at radius 2 is 1.91 bits per heavy atom. The zero-order chi connectivity index (χ0) is 17.3. The zero-order valence-corrected chi connectivity index (χ0v) is 12.7. The molecule has 0 bridgehead atoms. The first-order valence-corrected chi connectivity index (χ1v) is 6.52. The molecule has 9 heteroatoms. The second-order valence-corrected chi connectivity index (χ2v) is 4.93. The minimum atomic E-state index is -0.711. The summed E-state index contributed by atoms with van der Waals surface area (Å²) in [5, 5.41) is 20.7.